The standard InChI is InChI=1S/C14H23NO2/c1-10(2)17-12-8-7-11(14(3,4)5)9-13(15-12)16-6/h7-8,10H,9H2,1-6H3. The number of aliphatic imine (C=N–C) groups is 1. The maximum Gasteiger partial charge on any atom is 0.216 e. The number of hydrogen-bond acceptors (Lipinski definition) is 3. The molecule has 0 amide bonds. The lowest BCUT2D eigenvalue weighted by atomic mass is 9.84. The van der Waals surface area contributed by atoms with Gasteiger partial charge in [0, 0.05) is 12.5 Å². The van der Waals surface area contributed by atoms with E-state index in [2.05, 4.69) is 31.8 Å². The van der Waals surface area contributed by atoms with Crippen molar-refractivity contribution in [3.8, 4) is 0 Å². The Kier molecular flexibility index (Phi) is 4.38. The summed E-state index contributed by atoms with van der Waals surface area (Å²) in [6.07, 6.45) is 4.87. The second-order valence-electron chi connectivity index (χ2n) is 5.50. The molecule has 17 heavy (non-hydrogen) atoms. The van der Waals surface area contributed by atoms with Gasteiger partial charge < -0.3 is 9.47 Å². The quantitative estimate of drug-likeness (QED) is 0.733. The van der Waals surface area contributed by atoms with Crippen LogP contribution >= 0.6 is 0 Å². The maximum absolute atomic E-state index is 5.61. The molecule has 0 N–H and O–H groups in total. The molecule has 1 heterocycles. The van der Waals surface area contributed by atoms with Gasteiger partial charge in [0.25, 0.3) is 0 Å². The minimum absolute atomic E-state index is 0.114. The molecule has 96 valence electrons. The zero-order valence-corrected chi connectivity index (χ0v) is 11.7. The molecule has 0 saturated heterocycles. The Labute approximate surface area is 104 Å². The highest BCUT2D eigenvalue weighted by atomic mass is 16.5. The number of nitrogens with zero attached hydrogens (tertiary/aromatic N) is 1. The van der Waals surface area contributed by atoms with Gasteiger partial charge in [-0.1, -0.05) is 32.4 Å². The Morgan fingerprint density at radius 3 is 2.35 bits per heavy atom. The van der Waals surface area contributed by atoms with Gasteiger partial charge in [-0.05, 0) is 19.3 Å². The predicted molar refractivity (Wildman–Crippen MR) is 70.9 cm³/mol. The zero-order valence-electron chi connectivity index (χ0n) is 11.7. The van der Waals surface area contributed by atoms with Crippen LogP contribution < -0.4 is 0 Å². The Morgan fingerprint density at radius 1 is 1.24 bits per heavy atom. The van der Waals surface area contributed by atoms with Gasteiger partial charge >= 0.3 is 0 Å². The van der Waals surface area contributed by atoms with Gasteiger partial charge in [0.2, 0.25) is 5.88 Å². The highest BCUT2D eigenvalue weighted by Gasteiger charge is 2.21. The monoisotopic (exact) mass is 237 g/mol. The van der Waals surface area contributed by atoms with E-state index in [0.717, 1.165) is 6.42 Å². The summed E-state index contributed by atoms with van der Waals surface area (Å²) in [6.45, 7) is 10.5. The second kappa shape index (κ2) is 5.39. The third-order valence-electron chi connectivity index (χ3n) is 2.56. The number of hydrogen-bond donors (Lipinski definition) is 0. The fraction of sp³-hybridized carbons (Fsp3) is 0.643. The summed E-state index contributed by atoms with van der Waals surface area (Å²) in [4.78, 5) is 4.38. The fourth-order valence-electron chi connectivity index (χ4n) is 1.53. The molecule has 0 bridgehead atoms. The smallest absolute Gasteiger partial charge is 0.216 e. The van der Waals surface area contributed by atoms with Gasteiger partial charge in [0.05, 0.1) is 13.2 Å². The average Bonchev–Trinajstić information content (AvgIpc) is 2.38. The highest BCUT2D eigenvalue weighted by molar-refractivity contribution is 5.80. The molecule has 0 atom stereocenters. The first kappa shape index (κ1) is 13.8. The van der Waals surface area contributed by atoms with E-state index in [1.165, 1.54) is 5.57 Å². The van der Waals surface area contributed by atoms with Crippen molar-refractivity contribution < 1.29 is 9.47 Å². The number of ether oxygens (including phenoxy) is 2. The lowest BCUT2D eigenvalue weighted by Gasteiger charge is -2.22. The van der Waals surface area contributed by atoms with Crippen LogP contribution in [0, 0.1) is 5.41 Å². The predicted octanol–water partition coefficient (Wildman–Crippen LogP) is 3.67. The largest absolute Gasteiger partial charge is 0.484 e. The summed E-state index contributed by atoms with van der Waals surface area (Å²) in [5.41, 5.74) is 1.41. The molecule has 0 aromatic carbocycles. The van der Waals surface area contributed by atoms with Gasteiger partial charge in [0.1, 0.15) is 0 Å². The van der Waals surface area contributed by atoms with E-state index in [0.29, 0.717) is 11.8 Å². The van der Waals surface area contributed by atoms with Crippen LogP contribution in [0.2, 0.25) is 0 Å². The van der Waals surface area contributed by atoms with Crippen LogP contribution in [0.15, 0.2) is 28.6 Å². The number of methoxy groups -OCH3 is 1. The molecular weight excluding hydrogens is 214 g/mol. The first-order chi connectivity index (χ1) is 7.82. The molecule has 0 aromatic rings. The lowest BCUT2D eigenvalue weighted by molar-refractivity contribution is 0.145. The van der Waals surface area contributed by atoms with Crippen LogP contribution in [-0.4, -0.2) is 19.1 Å². The van der Waals surface area contributed by atoms with Gasteiger partial charge in [-0.3, -0.25) is 0 Å². The molecule has 0 saturated carbocycles. The van der Waals surface area contributed by atoms with Crippen molar-refractivity contribution in [1.82, 2.24) is 0 Å². The summed E-state index contributed by atoms with van der Waals surface area (Å²) in [5.74, 6) is 1.33. The van der Waals surface area contributed by atoms with Crippen molar-refractivity contribution in [3.63, 3.8) is 0 Å². The van der Waals surface area contributed by atoms with E-state index >= 15 is 0 Å². The molecule has 0 unspecified atom stereocenters. The minimum atomic E-state index is 0.114. The van der Waals surface area contributed by atoms with E-state index < -0.39 is 0 Å². The third-order valence-corrected chi connectivity index (χ3v) is 2.56. The molecule has 0 spiro atoms. The summed E-state index contributed by atoms with van der Waals surface area (Å²) < 4.78 is 10.9. The van der Waals surface area contributed by atoms with Crippen LogP contribution in [0.3, 0.4) is 0 Å². The Hall–Kier alpha value is -1.25. The summed E-state index contributed by atoms with van der Waals surface area (Å²) in [7, 11) is 1.65. The van der Waals surface area contributed by atoms with Crippen molar-refractivity contribution >= 4 is 5.90 Å². The highest BCUT2D eigenvalue weighted by Crippen LogP contribution is 2.30. The first-order valence-corrected chi connectivity index (χ1v) is 6.02. The molecule has 1 aliphatic rings. The average molecular weight is 237 g/mol. The van der Waals surface area contributed by atoms with Crippen molar-refractivity contribution in [2.45, 2.75) is 47.1 Å². The fourth-order valence-corrected chi connectivity index (χ4v) is 1.53. The number of rotatable bonds is 2. The maximum atomic E-state index is 5.61. The molecule has 0 radical (unpaired) electrons. The summed E-state index contributed by atoms with van der Waals surface area (Å²) >= 11 is 0. The molecule has 1 rings (SSSR count). The van der Waals surface area contributed by atoms with E-state index in [4.69, 9.17) is 9.47 Å². The molecule has 0 aromatic heterocycles. The van der Waals surface area contributed by atoms with E-state index in [1.54, 1.807) is 7.11 Å². The van der Waals surface area contributed by atoms with Gasteiger partial charge in [-0.15, -0.1) is 0 Å². The van der Waals surface area contributed by atoms with Gasteiger partial charge in [-0.25, -0.2) is 0 Å². The minimum Gasteiger partial charge on any atom is -0.484 e. The van der Waals surface area contributed by atoms with Crippen LogP contribution in [0.4, 0.5) is 0 Å². The van der Waals surface area contributed by atoms with Crippen molar-refractivity contribution in [2.75, 3.05) is 7.11 Å². The lowest BCUT2D eigenvalue weighted by Crippen LogP contribution is -2.14. The van der Waals surface area contributed by atoms with Crippen LogP contribution in [0.25, 0.3) is 0 Å². The number of allylic oxidation sites excluding steroid dienone is 2. The topological polar surface area (TPSA) is 30.8 Å². The van der Waals surface area contributed by atoms with Crippen LogP contribution in [0.5, 0.6) is 0 Å². The molecule has 0 aliphatic carbocycles. The zero-order chi connectivity index (χ0) is 13.1. The normalized spacial score (nSPS) is 17.0. The summed E-state index contributed by atoms with van der Waals surface area (Å²) in [6, 6.07) is 0. The SMILES string of the molecule is COC1=NC(OC(C)C)=CC=C(C(C)(C)C)C1. The Balaban J connectivity index is 2.99. The van der Waals surface area contributed by atoms with Crippen molar-refractivity contribution in [2.24, 2.45) is 10.4 Å². The first-order valence-electron chi connectivity index (χ1n) is 6.02. The second-order valence-corrected chi connectivity index (χ2v) is 5.50. The molecule has 3 nitrogen and oxygen atoms in total. The molecule has 0 fully saturated rings. The van der Waals surface area contributed by atoms with Crippen molar-refractivity contribution in [3.05, 3.63) is 23.6 Å². The van der Waals surface area contributed by atoms with Crippen LogP contribution in [0.1, 0.15) is 41.0 Å². The van der Waals surface area contributed by atoms with Gasteiger partial charge in [0.15, 0.2) is 5.90 Å². The molecule has 1 aliphatic heterocycles. The van der Waals surface area contributed by atoms with Crippen LogP contribution in [-0.2, 0) is 9.47 Å². The Morgan fingerprint density at radius 2 is 1.88 bits per heavy atom. The van der Waals surface area contributed by atoms with Gasteiger partial charge in [-0.2, -0.15) is 4.99 Å². The summed E-state index contributed by atoms with van der Waals surface area (Å²) in [5, 5.41) is 0. The van der Waals surface area contributed by atoms with E-state index in [-0.39, 0.29) is 11.5 Å². The van der Waals surface area contributed by atoms with Crippen molar-refractivity contribution in [1.29, 1.82) is 0 Å². The van der Waals surface area contributed by atoms with E-state index in [9.17, 15) is 0 Å². The third kappa shape index (κ3) is 4.25. The Bertz CT molecular complexity index is 357. The molecule has 3 heteroatoms. The molecular formula is C14H23NO2. The van der Waals surface area contributed by atoms with E-state index in [1.807, 2.05) is 19.9 Å².